The molecule has 0 N–H and O–H groups in total. The molecule has 0 bridgehead atoms. The molecule has 0 aliphatic heterocycles. The van der Waals surface area contributed by atoms with E-state index < -0.39 is 0 Å². The van der Waals surface area contributed by atoms with Gasteiger partial charge in [0.15, 0.2) is 11.2 Å². The van der Waals surface area contributed by atoms with Crippen LogP contribution in [0.4, 0.5) is 0 Å². The molecule has 0 aliphatic carbocycles. The number of methoxy groups -OCH3 is 1. The molecule has 4 aromatic rings. The molecule has 2 aromatic heterocycles. The lowest BCUT2D eigenvalue weighted by Crippen LogP contribution is -2.24. The van der Waals surface area contributed by atoms with Crippen molar-refractivity contribution in [2.24, 2.45) is 0 Å². The van der Waals surface area contributed by atoms with Gasteiger partial charge in [-0.1, -0.05) is 23.7 Å². The van der Waals surface area contributed by atoms with Gasteiger partial charge in [0.05, 0.1) is 19.1 Å². The normalized spacial score (nSPS) is 11.1. The maximum Gasteiger partial charge on any atom is 0.286 e. The third-order valence-corrected chi connectivity index (χ3v) is 4.88. The van der Waals surface area contributed by atoms with E-state index in [0.717, 1.165) is 11.3 Å². The fraction of sp³-hybridized carbons (Fsp3) is 0.190. The number of nitrogens with zero attached hydrogens (tertiary/aromatic N) is 4. The van der Waals surface area contributed by atoms with Crippen molar-refractivity contribution < 1.29 is 4.74 Å². The van der Waals surface area contributed by atoms with E-state index in [9.17, 15) is 4.79 Å². The Labute approximate surface area is 167 Å². The molecule has 6 nitrogen and oxygen atoms in total. The summed E-state index contributed by atoms with van der Waals surface area (Å²) in [5.74, 6) is 1.39. The number of benzene rings is 2. The van der Waals surface area contributed by atoms with E-state index in [1.165, 1.54) is 0 Å². The van der Waals surface area contributed by atoms with E-state index in [4.69, 9.17) is 21.3 Å². The van der Waals surface area contributed by atoms with Gasteiger partial charge in [-0.3, -0.25) is 9.36 Å². The zero-order valence-electron chi connectivity index (χ0n) is 15.6. The van der Waals surface area contributed by atoms with E-state index in [0.29, 0.717) is 40.7 Å². The van der Waals surface area contributed by atoms with Gasteiger partial charge in [-0.2, -0.15) is 0 Å². The summed E-state index contributed by atoms with van der Waals surface area (Å²) in [5, 5.41) is 0.607. The summed E-state index contributed by atoms with van der Waals surface area (Å²) in [6, 6.07) is 14.9. The fourth-order valence-corrected chi connectivity index (χ4v) is 3.34. The van der Waals surface area contributed by atoms with Crippen molar-refractivity contribution >= 4 is 22.8 Å². The molecule has 0 atom stereocenters. The van der Waals surface area contributed by atoms with E-state index in [-0.39, 0.29) is 5.56 Å². The van der Waals surface area contributed by atoms with Crippen LogP contribution in [-0.2, 0) is 13.0 Å². The minimum Gasteiger partial charge on any atom is -0.497 e. The van der Waals surface area contributed by atoms with Gasteiger partial charge in [0, 0.05) is 18.0 Å². The number of aromatic nitrogens is 4. The largest absolute Gasteiger partial charge is 0.497 e. The number of fused-ring (bicyclic) bond motifs is 1. The van der Waals surface area contributed by atoms with Crippen molar-refractivity contribution in [3.05, 3.63) is 81.6 Å². The smallest absolute Gasteiger partial charge is 0.286 e. The summed E-state index contributed by atoms with van der Waals surface area (Å²) in [6.45, 7) is 2.68. The van der Waals surface area contributed by atoms with Gasteiger partial charge >= 0.3 is 0 Å². The van der Waals surface area contributed by atoms with Crippen LogP contribution in [0.3, 0.4) is 0 Å². The SMILES string of the molecule is CCn1cnc2c(=O)n(-c3ccc(Cl)cc3)c(Cc3cccc(OC)c3)nc21. The molecular weight excluding hydrogens is 376 g/mol. The molecule has 7 heteroatoms. The summed E-state index contributed by atoms with van der Waals surface area (Å²) < 4.78 is 8.80. The first-order chi connectivity index (χ1) is 13.6. The summed E-state index contributed by atoms with van der Waals surface area (Å²) >= 11 is 6.03. The molecule has 2 heterocycles. The molecule has 0 amide bonds. The minimum atomic E-state index is -0.197. The molecule has 0 spiro atoms. The van der Waals surface area contributed by atoms with Crippen LogP contribution in [0.25, 0.3) is 16.9 Å². The summed E-state index contributed by atoms with van der Waals surface area (Å²) in [4.78, 5) is 22.4. The molecule has 0 fully saturated rings. The first-order valence-corrected chi connectivity index (χ1v) is 9.34. The van der Waals surface area contributed by atoms with Crippen molar-refractivity contribution in [2.75, 3.05) is 7.11 Å². The molecule has 0 saturated carbocycles. The average molecular weight is 395 g/mol. The minimum absolute atomic E-state index is 0.197. The van der Waals surface area contributed by atoms with Crippen molar-refractivity contribution in [1.82, 2.24) is 19.1 Å². The van der Waals surface area contributed by atoms with E-state index in [1.807, 2.05) is 47.9 Å². The Morgan fingerprint density at radius 2 is 1.93 bits per heavy atom. The second kappa shape index (κ2) is 7.48. The lowest BCUT2D eigenvalue weighted by Gasteiger charge is -2.13. The van der Waals surface area contributed by atoms with Crippen molar-refractivity contribution in [3.63, 3.8) is 0 Å². The van der Waals surface area contributed by atoms with E-state index in [2.05, 4.69) is 4.98 Å². The lowest BCUT2D eigenvalue weighted by atomic mass is 10.1. The van der Waals surface area contributed by atoms with Crippen molar-refractivity contribution in [3.8, 4) is 11.4 Å². The molecule has 0 aliphatic rings. The second-order valence-electron chi connectivity index (χ2n) is 6.38. The second-order valence-corrected chi connectivity index (χ2v) is 6.81. The van der Waals surface area contributed by atoms with Crippen LogP contribution in [0.1, 0.15) is 18.3 Å². The number of halogens is 1. The highest BCUT2D eigenvalue weighted by atomic mass is 35.5. The van der Waals surface area contributed by atoms with E-state index >= 15 is 0 Å². The zero-order chi connectivity index (χ0) is 19.7. The van der Waals surface area contributed by atoms with Crippen LogP contribution < -0.4 is 10.3 Å². The standard InChI is InChI=1S/C21H19ClN4O2/c1-3-25-13-23-19-20(25)24-18(12-14-5-4-6-17(11-14)28-2)26(21(19)27)16-9-7-15(22)8-10-16/h4-11,13H,3,12H2,1-2H3. The molecule has 4 rings (SSSR count). The van der Waals surface area contributed by atoms with Crippen molar-refractivity contribution in [2.45, 2.75) is 19.9 Å². The monoisotopic (exact) mass is 394 g/mol. The van der Waals surface area contributed by atoms with Crippen LogP contribution >= 0.6 is 11.6 Å². The number of imidazole rings is 1. The van der Waals surface area contributed by atoms with Crippen LogP contribution in [-0.4, -0.2) is 26.2 Å². The van der Waals surface area contributed by atoms with Gasteiger partial charge in [-0.05, 0) is 48.9 Å². The third-order valence-electron chi connectivity index (χ3n) is 4.63. The Morgan fingerprint density at radius 1 is 1.14 bits per heavy atom. The maximum absolute atomic E-state index is 13.3. The van der Waals surface area contributed by atoms with Crippen LogP contribution in [0.5, 0.6) is 5.75 Å². The maximum atomic E-state index is 13.3. The first kappa shape index (κ1) is 18.3. The van der Waals surface area contributed by atoms with Gasteiger partial charge < -0.3 is 9.30 Å². The molecule has 142 valence electrons. The van der Waals surface area contributed by atoms with Gasteiger partial charge in [0.1, 0.15) is 11.6 Å². The number of hydrogen-bond acceptors (Lipinski definition) is 4. The van der Waals surface area contributed by atoms with Crippen LogP contribution in [0.2, 0.25) is 5.02 Å². The van der Waals surface area contributed by atoms with Gasteiger partial charge in [0.2, 0.25) is 0 Å². The third kappa shape index (κ3) is 3.27. The quantitative estimate of drug-likeness (QED) is 0.515. The summed E-state index contributed by atoms with van der Waals surface area (Å²) in [6.07, 6.45) is 2.13. The molecule has 28 heavy (non-hydrogen) atoms. The molecular formula is C21H19ClN4O2. The van der Waals surface area contributed by atoms with Gasteiger partial charge in [-0.15, -0.1) is 0 Å². The number of aryl methyl sites for hydroxylation is 1. The molecule has 2 aromatic carbocycles. The predicted octanol–water partition coefficient (Wildman–Crippen LogP) is 3.85. The highest BCUT2D eigenvalue weighted by Crippen LogP contribution is 2.19. The molecule has 0 unspecified atom stereocenters. The van der Waals surface area contributed by atoms with E-state index in [1.54, 1.807) is 30.1 Å². The average Bonchev–Trinajstić information content (AvgIpc) is 3.13. The number of hydrogen-bond donors (Lipinski definition) is 0. The van der Waals surface area contributed by atoms with Crippen LogP contribution in [0, 0.1) is 0 Å². The van der Waals surface area contributed by atoms with Gasteiger partial charge in [0.25, 0.3) is 5.56 Å². The first-order valence-electron chi connectivity index (χ1n) is 8.96. The fourth-order valence-electron chi connectivity index (χ4n) is 3.21. The Balaban J connectivity index is 1.94. The Kier molecular flexibility index (Phi) is 4.88. The Hall–Kier alpha value is -3.12. The Morgan fingerprint density at radius 3 is 2.64 bits per heavy atom. The highest BCUT2D eigenvalue weighted by molar-refractivity contribution is 6.30. The highest BCUT2D eigenvalue weighted by Gasteiger charge is 2.17. The van der Waals surface area contributed by atoms with Crippen molar-refractivity contribution in [1.29, 1.82) is 0 Å². The summed E-state index contributed by atoms with van der Waals surface area (Å²) in [7, 11) is 1.63. The topological polar surface area (TPSA) is 61.9 Å². The van der Waals surface area contributed by atoms with Gasteiger partial charge in [-0.25, -0.2) is 9.97 Å². The predicted molar refractivity (Wildman–Crippen MR) is 110 cm³/mol. The molecule has 0 radical (unpaired) electrons. The Bertz CT molecular complexity index is 1200. The summed E-state index contributed by atoms with van der Waals surface area (Å²) in [5.41, 5.74) is 2.45. The number of ether oxygens (including phenoxy) is 1. The number of rotatable bonds is 5. The van der Waals surface area contributed by atoms with Crippen LogP contribution in [0.15, 0.2) is 59.7 Å². The molecule has 0 saturated heterocycles. The zero-order valence-corrected chi connectivity index (χ0v) is 16.3. The lowest BCUT2D eigenvalue weighted by molar-refractivity contribution is 0.414.